The maximum Gasteiger partial charge on any atom is 0.339 e. The van der Waals surface area contributed by atoms with Gasteiger partial charge in [0.15, 0.2) is 11.8 Å². The van der Waals surface area contributed by atoms with Crippen molar-refractivity contribution in [3.05, 3.63) is 56.2 Å². The van der Waals surface area contributed by atoms with Gasteiger partial charge in [-0.25, -0.2) is 9.59 Å². The third kappa shape index (κ3) is 4.75. The third-order valence-corrected chi connectivity index (χ3v) is 5.20. The summed E-state index contributed by atoms with van der Waals surface area (Å²) in [6.45, 7) is 4.49. The van der Waals surface area contributed by atoms with Gasteiger partial charge in [0.1, 0.15) is 5.82 Å². The predicted molar refractivity (Wildman–Crippen MR) is 119 cm³/mol. The number of ether oxygens (including phenoxy) is 2. The zero-order valence-corrected chi connectivity index (χ0v) is 18.4. The Hall–Kier alpha value is -3.40. The van der Waals surface area contributed by atoms with E-state index >= 15 is 0 Å². The van der Waals surface area contributed by atoms with Crippen molar-refractivity contribution in [2.45, 2.75) is 39.3 Å². The van der Waals surface area contributed by atoms with Crippen LogP contribution >= 0.6 is 0 Å². The summed E-state index contributed by atoms with van der Waals surface area (Å²) in [7, 11) is 1.52. The number of hydrogen-bond donors (Lipinski definition) is 2. The van der Waals surface area contributed by atoms with Gasteiger partial charge >= 0.3 is 11.7 Å². The molecular weight excluding hydrogens is 416 g/mol. The van der Waals surface area contributed by atoms with Crippen molar-refractivity contribution in [3.63, 3.8) is 0 Å². The maximum atomic E-state index is 13.5. The Balaban J connectivity index is 2.03. The van der Waals surface area contributed by atoms with Crippen molar-refractivity contribution < 1.29 is 19.1 Å². The number of aromatic nitrogens is 2. The second-order valence-corrected chi connectivity index (χ2v) is 8.09. The van der Waals surface area contributed by atoms with Crippen LogP contribution in [0.5, 0.6) is 0 Å². The Morgan fingerprint density at radius 3 is 2.72 bits per heavy atom. The number of carbonyl (C=O) groups is 2. The van der Waals surface area contributed by atoms with Crippen molar-refractivity contribution in [1.82, 2.24) is 9.55 Å². The molecule has 0 bridgehead atoms. The second-order valence-electron chi connectivity index (χ2n) is 8.09. The summed E-state index contributed by atoms with van der Waals surface area (Å²) in [5, 5.41) is 0. The molecule has 1 aliphatic heterocycles. The van der Waals surface area contributed by atoms with Crippen LogP contribution in [0.1, 0.15) is 36.2 Å². The molecule has 1 aliphatic rings. The van der Waals surface area contributed by atoms with Gasteiger partial charge in [0.05, 0.1) is 5.56 Å². The molecule has 3 rings (SSSR count). The molecule has 1 amide bonds. The molecule has 32 heavy (non-hydrogen) atoms. The zero-order valence-electron chi connectivity index (χ0n) is 18.4. The normalized spacial score (nSPS) is 15.4. The van der Waals surface area contributed by atoms with Crippen LogP contribution in [0.4, 0.5) is 11.5 Å². The highest BCUT2D eigenvalue weighted by Gasteiger charge is 2.36. The van der Waals surface area contributed by atoms with E-state index in [4.69, 9.17) is 15.2 Å². The molecule has 0 spiro atoms. The molecule has 10 heteroatoms. The number of nitrogens with zero attached hydrogens (tertiary/aromatic N) is 2. The first kappa shape index (κ1) is 23.3. The molecule has 0 radical (unpaired) electrons. The molecule has 3 N–H and O–H groups in total. The maximum absolute atomic E-state index is 13.5. The summed E-state index contributed by atoms with van der Waals surface area (Å²) >= 11 is 0. The molecule has 2 heterocycles. The highest BCUT2D eigenvalue weighted by molar-refractivity contribution is 6.02. The Kier molecular flexibility index (Phi) is 7.14. The summed E-state index contributed by atoms with van der Waals surface area (Å²) in [5.74, 6) is -1.23. The van der Waals surface area contributed by atoms with Gasteiger partial charge < -0.3 is 20.1 Å². The molecule has 0 unspecified atom stereocenters. The van der Waals surface area contributed by atoms with Gasteiger partial charge in [-0.1, -0.05) is 32.0 Å². The number of benzene rings is 1. The van der Waals surface area contributed by atoms with E-state index in [2.05, 4.69) is 4.98 Å². The largest absolute Gasteiger partial charge is 0.448 e. The van der Waals surface area contributed by atoms with Crippen LogP contribution < -0.4 is 21.9 Å². The van der Waals surface area contributed by atoms with Gasteiger partial charge in [0.25, 0.3) is 11.5 Å². The second kappa shape index (κ2) is 9.82. The van der Waals surface area contributed by atoms with E-state index in [1.165, 1.54) is 16.6 Å². The lowest BCUT2D eigenvalue weighted by Crippen LogP contribution is -2.48. The number of anilines is 2. The van der Waals surface area contributed by atoms with Gasteiger partial charge in [-0.05, 0) is 24.0 Å². The monoisotopic (exact) mass is 444 g/mol. The lowest BCUT2D eigenvalue weighted by atomic mass is 9.98. The quantitative estimate of drug-likeness (QED) is 0.456. The molecule has 0 aliphatic carbocycles. The fourth-order valence-corrected chi connectivity index (χ4v) is 3.73. The van der Waals surface area contributed by atoms with Crippen LogP contribution in [0.2, 0.25) is 0 Å². The van der Waals surface area contributed by atoms with E-state index in [-0.39, 0.29) is 36.9 Å². The molecule has 0 fully saturated rings. The van der Waals surface area contributed by atoms with Crippen LogP contribution in [-0.2, 0) is 27.2 Å². The Labute approximate surface area is 184 Å². The first-order valence-electron chi connectivity index (χ1n) is 10.5. The van der Waals surface area contributed by atoms with Gasteiger partial charge in [-0.3, -0.25) is 19.1 Å². The van der Waals surface area contributed by atoms with Gasteiger partial charge in [0.2, 0.25) is 0 Å². The Morgan fingerprint density at radius 2 is 2.03 bits per heavy atom. The van der Waals surface area contributed by atoms with Crippen molar-refractivity contribution in [2.75, 3.05) is 30.9 Å². The number of carbonyl (C=O) groups excluding carboxylic acids is 2. The number of hydrogen-bond acceptors (Lipinski definition) is 7. The number of aromatic amines is 1. The SMILES string of the molecule is COCCCN(C(=O)[C@H]1Cc2ccccc2C(=O)O1)c1c(N)n(CC(C)C)c(=O)[nH]c1=O. The summed E-state index contributed by atoms with van der Waals surface area (Å²) < 4.78 is 11.7. The molecule has 1 atom stereocenters. The highest BCUT2D eigenvalue weighted by Crippen LogP contribution is 2.25. The number of nitrogens with one attached hydrogen (secondary N) is 1. The number of nitrogen functional groups attached to an aromatic ring is 1. The summed E-state index contributed by atoms with van der Waals surface area (Å²) in [6.07, 6.45) is -0.545. The first-order valence-corrected chi connectivity index (χ1v) is 10.5. The van der Waals surface area contributed by atoms with Crippen LogP contribution in [0.3, 0.4) is 0 Å². The molecule has 0 saturated carbocycles. The average Bonchev–Trinajstić information content (AvgIpc) is 2.75. The topological polar surface area (TPSA) is 137 Å². The van der Waals surface area contributed by atoms with E-state index in [1.54, 1.807) is 24.3 Å². The minimum Gasteiger partial charge on any atom is -0.448 e. The number of nitrogens with two attached hydrogens (primary N) is 1. The molecule has 2 aromatic rings. The number of H-pyrrole nitrogens is 1. The lowest BCUT2D eigenvalue weighted by molar-refractivity contribution is -0.127. The number of esters is 1. The fourth-order valence-electron chi connectivity index (χ4n) is 3.73. The number of methoxy groups -OCH3 is 1. The molecule has 10 nitrogen and oxygen atoms in total. The highest BCUT2D eigenvalue weighted by atomic mass is 16.5. The Bertz CT molecular complexity index is 1120. The van der Waals surface area contributed by atoms with Crippen molar-refractivity contribution in [1.29, 1.82) is 0 Å². The van der Waals surface area contributed by atoms with Gasteiger partial charge in [-0.15, -0.1) is 0 Å². The minimum atomic E-state index is -1.12. The van der Waals surface area contributed by atoms with Crippen LogP contribution in [0.25, 0.3) is 0 Å². The standard InChI is InChI=1S/C22H28N4O6/c1-13(2)12-26-18(23)17(19(27)24-22(26)30)25(9-6-10-31-3)20(28)16-11-14-7-4-5-8-15(14)21(29)32-16/h4-5,7-8,13,16H,6,9-12,23H2,1-3H3,(H,24,27,30)/t16-/m1/s1. The fraction of sp³-hybridized carbons (Fsp3) is 0.455. The van der Waals surface area contributed by atoms with Crippen molar-refractivity contribution in [3.8, 4) is 0 Å². The van der Waals surface area contributed by atoms with Gasteiger partial charge in [-0.2, -0.15) is 0 Å². The number of fused-ring (bicyclic) bond motifs is 1. The van der Waals surface area contributed by atoms with Crippen LogP contribution in [-0.4, -0.2) is 47.8 Å². The smallest absolute Gasteiger partial charge is 0.339 e. The average molecular weight is 444 g/mol. The summed E-state index contributed by atoms with van der Waals surface area (Å²) in [5.41, 5.74) is 5.75. The molecule has 1 aromatic heterocycles. The first-order chi connectivity index (χ1) is 15.2. The van der Waals surface area contributed by atoms with E-state index in [0.717, 1.165) is 0 Å². The Morgan fingerprint density at radius 1 is 1.31 bits per heavy atom. The number of cyclic esters (lactones) is 1. The van der Waals surface area contributed by atoms with E-state index in [0.29, 0.717) is 24.2 Å². The minimum absolute atomic E-state index is 0.0715. The van der Waals surface area contributed by atoms with E-state index in [1.807, 2.05) is 13.8 Å². The molecule has 172 valence electrons. The van der Waals surface area contributed by atoms with Crippen molar-refractivity contribution in [2.24, 2.45) is 5.92 Å². The lowest BCUT2D eigenvalue weighted by Gasteiger charge is -2.30. The molecule has 0 saturated heterocycles. The van der Waals surface area contributed by atoms with E-state index < -0.39 is 29.2 Å². The van der Waals surface area contributed by atoms with E-state index in [9.17, 15) is 19.2 Å². The zero-order chi connectivity index (χ0) is 23.4. The third-order valence-electron chi connectivity index (χ3n) is 5.20. The van der Waals surface area contributed by atoms with Crippen molar-refractivity contribution >= 4 is 23.4 Å². The van der Waals surface area contributed by atoms with Gasteiger partial charge in [0, 0.05) is 33.2 Å². The number of rotatable bonds is 8. The molecular formula is C22H28N4O6. The molecule has 1 aromatic carbocycles. The summed E-state index contributed by atoms with van der Waals surface area (Å²) in [6, 6.07) is 6.89. The van der Waals surface area contributed by atoms with Crippen LogP contribution in [0, 0.1) is 5.92 Å². The number of amides is 1. The summed E-state index contributed by atoms with van der Waals surface area (Å²) in [4.78, 5) is 54.4. The van der Waals surface area contributed by atoms with Crippen LogP contribution in [0.15, 0.2) is 33.9 Å². The predicted octanol–water partition coefficient (Wildman–Crippen LogP) is 0.926.